The molecule has 0 N–H and O–H groups in total. The van der Waals surface area contributed by atoms with Gasteiger partial charge in [-0.25, -0.2) is 4.98 Å². The highest BCUT2D eigenvalue weighted by molar-refractivity contribution is 5.77. The van der Waals surface area contributed by atoms with E-state index in [0.717, 1.165) is 23.2 Å². The van der Waals surface area contributed by atoms with Crippen molar-refractivity contribution in [2.24, 2.45) is 0 Å². The molecule has 0 saturated carbocycles. The van der Waals surface area contributed by atoms with Gasteiger partial charge in [0.2, 0.25) is 5.71 Å². The second-order valence-corrected chi connectivity index (χ2v) is 3.85. The summed E-state index contributed by atoms with van der Waals surface area (Å²) in [6.07, 6.45) is 2.74. The summed E-state index contributed by atoms with van der Waals surface area (Å²) in [6.45, 7) is 6.46. The van der Waals surface area contributed by atoms with E-state index in [4.69, 9.17) is 4.42 Å². The Morgan fingerprint density at radius 1 is 1.43 bits per heavy atom. The van der Waals surface area contributed by atoms with E-state index in [-0.39, 0.29) is 0 Å². The van der Waals surface area contributed by atoms with E-state index in [1.165, 1.54) is 5.56 Å². The minimum absolute atomic E-state index is 0.454. The Morgan fingerprint density at radius 2 is 2.21 bits per heavy atom. The summed E-state index contributed by atoms with van der Waals surface area (Å²) < 4.78 is 5.34. The maximum atomic E-state index is 5.34. The molecule has 0 aromatic carbocycles. The third-order valence-corrected chi connectivity index (χ3v) is 2.52. The van der Waals surface area contributed by atoms with Crippen molar-refractivity contribution in [2.45, 2.75) is 33.1 Å². The molecule has 0 aliphatic rings. The van der Waals surface area contributed by atoms with Crippen LogP contribution in [0.4, 0.5) is 0 Å². The summed E-state index contributed by atoms with van der Waals surface area (Å²) in [5.41, 5.74) is 3.21. The highest BCUT2D eigenvalue weighted by Gasteiger charge is 2.08. The molecule has 0 saturated heterocycles. The number of aryl methyl sites for hydroxylation is 1. The Bertz CT molecular complexity index is 443. The van der Waals surface area contributed by atoms with Crippen LogP contribution in [0, 0.1) is 0 Å². The largest absolute Gasteiger partial charge is 0.446 e. The molecule has 2 aromatic rings. The van der Waals surface area contributed by atoms with E-state index in [2.05, 4.69) is 31.8 Å². The van der Waals surface area contributed by atoms with Crippen LogP contribution in [0.1, 0.15) is 37.9 Å². The van der Waals surface area contributed by atoms with Gasteiger partial charge in [-0.2, -0.15) is 0 Å². The average Bonchev–Trinajstić information content (AvgIpc) is 2.63. The van der Waals surface area contributed by atoms with Gasteiger partial charge in [-0.05, 0) is 30.0 Å². The van der Waals surface area contributed by atoms with Crippen molar-refractivity contribution in [1.29, 1.82) is 0 Å². The highest BCUT2D eigenvalue weighted by Crippen LogP contribution is 2.23. The lowest BCUT2D eigenvalue weighted by molar-refractivity contribution is 0.599. The van der Waals surface area contributed by atoms with Crippen LogP contribution in [0.3, 0.4) is 0 Å². The zero-order valence-electron chi connectivity index (χ0n) is 8.87. The molecule has 0 aliphatic heterocycles. The van der Waals surface area contributed by atoms with Gasteiger partial charge in [0, 0.05) is 11.1 Å². The summed E-state index contributed by atoms with van der Waals surface area (Å²) >= 11 is 0. The smallest absolute Gasteiger partial charge is 0.226 e. The predicted octanol–water partition coefficient (Wildman–Crippen LogP) is 3.51. The molecule has 2 rings (SSSR count). The van der Waals surface area contributed by atoms with E-state index >= 15 is 0 Å². The van der Waals surface area contributed by atoms with Crippen LogP contribution in [0.2, 0.25) is 0 Å². The molecule has 0 amide bonds. The van der Waals surface area contributed by atoms with Gasteiger partial charge in [0.15, 0.2) is 0 Å². The van der Waals surface area contributed by atoms with Crippen LogP contribution < -0.4 is 0 Å². The molecule has 14 heavy (non-hydrogen) atoms. The zero-order chi connectivity index (χ0) is 10.1. The van der Waals surface area contributed by atoms with Crippen molar-refractivity contribution in [3.05, 3.63) is 29.7 Å². The Morgan fingerprint density at radius 3 is 2.86 bits per heavy atom. The molecule has 0 atom stereocenters. The van der Waals surface area contributed by atoms with Crippen LogP contribution in [0.15, 0.2) is 22.8 Å². The van der Waals surface area contributed by atoms with Crippen molar-refractivity contribution in [1.82, 2.24) is 4.98 Å². The molecular weight excluding hydrogens is 174 g/mol. The first-order valence-corrected chi connectivity index (χ1v) is 5.09. The SMILES string of the molecule is CCc1cc(C(C)C)nc2occc12. The number of nitrogens with zero attached hydrogens (tertiary/aromatic N) is 1. The van der Waals surface area contributed by atoms with Gasteiger partial charge >= 0.3 is 0 Å². The standard InChI is InChI=1S/C12H15NO/c1-4-9-7-11(8(2)3)13-12-10(9)5-6-14-12/h5-8H,4H2,1-3H3. The third kappa shape index (κ3) is 1.41. The van der Waals surface area contributed by atoms with Gasteiger partial charge in [0.1, 0.15) is 0 Å². The molecule has 0 aliphatic carbocycles. The lowest BCUT2D eigenvalue weighted by atomic mass is 10.0. The van der Waals surface area contributed by atoms with Crippen molar-refractivity contribution in [2.75, 3.05) is 0 Å². The van der Waals surface area contributed by atoms with Crippen LogP contribution in [-0.2, 0) is 6.42 Å². The van der Waals surface area contributed by atoms with E-state index in [1.54, 1.807) is 6.26 Å². The number of furan rings is 1. The van der Waals surface area contributed by atoms with Crippen LogP contribution in [0.25, 0.3) is 11.1 Å². The monoisotopic (exact) mass is 189 g/mol. The number of pyridine rings is 1. The molecule has 0 spiro atoms. The minimum atomic E-state index is 0.454. The van der Waals surface area contributed by atoms with Gasteiger partial charge in [-0.1, -0.05) is 20.8 Å². The molecule has 2 aromatic heterocycles. The first-order chi connectivity index (χ1) is 6.72. The van der Waals surface area contributed by atoms with Gasteiger partial charge in [0.05, 0.1) is 6.26 Å². The Kier molecular flexibility index (Phi) is 2.28. The first kappa shape index (κ1) is 9.25. The van der Waals surface area contributed by atoms with Crippen LogP contribution in [0.5, 0.6) is 0 Å². The second-order valence-electron chi connectivity index (χ2n) is 3.85. The fourth-order valence-corrected chi connectivity index (χ4v) is 1.63. The van der Waals surface area contributed by atoms with Crippen molar-refractivity contribution in [3.8, 4) is 0 Å². The maximum Gasteiger partial charge on any atom is 0.226 e. The normalized spacial score (nSPS) is 11.4. The Labute approximate surface area is 84.0 Å². The number of rotatable bonds is 2. The fraction of sp³-hybridized carbons (Fsp3) is 0.417. The molecule has 0 unspecified atom stereocenters. The van der Waals surface area contributed by atoms with Gasteiger partial charge in [-0.3, -0.25) is 0 Å². The van der Waals surface area contributed by atoms with Crippen LogP contribution in [-0.4, -0.2) is 4.98 Å². The molecular formula is C12H15NO. The zero-order valence-corrected chi connectivity index (χ0v) is 8.87. The third-order valence-electron chi connectivity index (χ3n) is 2.52. The van der Waals surface area contributed by atoms with E-state index in [0.29, 0.717) is 5.92 Å². The van der Waals surface area contributed by atoms with Gasteiger partial charge in [-0.15, -0.1) is 0 Å². The minimum Gasteiger partial charge on any atom is -0.446 e. The average molecular weight is 189 g/mol. The number of fused-ring (bicyclic) bond motifs is 1. The molecule has 2 heterocycles. The summed E-state index contributed by atoms with van der Waals surface area (Å²) in [6, 6.07) is 4.17. The number of hydrogen-bond acceptors (Lipinski definition) is 2. The van der Waals surface area contributed by atoms with E-state index in [9.17, 15) is 0 Å². The predicted molar refractivity (Wildman–Crippen MR) is 57.5 cm³/mol. The molecule has 2 nitrogen and oxygen atoms in total. The second kappa shape index (κ2) is 3.45. The van der Waals surface area contributed by atoms with Crippen molar-refractivity contribution in [3.63, 3.8) is 0 Å². The summed E-state index contributed by atoms with van der Waals surface area (Å²) in [5, 5.41) is 1.15. The van der Waals surface area contributed by atoms with Crippen molar-refractivity contribution < 1.29 is 4.42 Å². The van der Waals surface area contributed by atoms with E-state index < -0.39 is 0 Å². The van der Waals surface area contributed by atoms with Gasteiger partial charge < -0.3 is 4.42 Å². The summed E-state index contributed by atoms with van der Waals surface area (Å²) in [4.78, 5) is 4.48. The lowest BCUT2D eigenvalue weighted by Gasteiger charge is -2.06. The number of hydrogen-bond donors (Lipinski definition) is 0. The molecule has 74 valence electrons. The van der Waals surface area contributed by atoms with E-state index in [1.807, 2.05) is 6.07 Å². The summed E-state index contributed by atoms with van der Waals surface area (Å²) in [5.74, 6) is 0.454. The fourth-order valence-electron chi connectivity index (χ4n) is 1.63. The molecule has 2 heteroatoms. The first-order valence-electron chi connectivity index (χ1n) is 5.09. The maximum absolute atomic E-state index is 5.34. The quantitative estimate of drug-likeness (QED) is 0.722. The number of aromatic nitrogens is 1. The molecule has 0 radical (unpaired) electrons. The molecule has 0 bridgehead atoms. The Hall–Kier alpha value is -1.31. The summed E-state index contributed by atoms with van der Waals surface area (Å²) in [7, 11) is 0. The van der Waals surface area contributed by atoms with Crippen LogP contribution >= 0.6 is 0 Å². The lowest BCUT2D eigenvalue weighted by Crippen LogP contribution is -1.95. The topological polar surface area (TPSA) is 26.0 Å². The van der Waals surface area contributed by atoms with Gasteiger partial charge in [0.25, 0.3) is 0 Å². The van der Waals surface area contributed by atoms with Crippen molar-refractivity contribution >= 4 is 11.1 Å². The highest BCUT2D eigenvalue weighted by atomic mass is 16.3. The Balaban J connectivity index is 2.67. The molecule has 0 fully saturated rings.